The van der Waals surface area contributed by atoms with Crippen LogP contribution in [0.15, 0.2) is 0 Å². The van der Waals surface area contributed by atoms with Crippen molar-refractivity contribution in [3.63, 3.8) is 0 Å². The van der Waals surface area contributed by atoms with Gasteiger partial charge in [-0.05, 0) is 33.6 Å². The zero-order valence-electron chi connectivity index (χ0n) is 18.1. The van der Waals surface area contributed by atoms with Gasteiger partial charge in [0.25, 0.3) is 0 Å². The smallest absolute Gasteiger partial charge is 0.315 e. The summed E-state index contributed by atoms with van der Waals surface area (Å²) in [5.74, 6) is 1.05. The molecule has 0 aromatic rings. The number of thioether (sulfide) groups is 1. The first kappa shape index (κ1) is 24.2. The molecule has 168 valence electrons. The van der Waals surface area contributed by atoms with Gasteiger partial charge in [-0.15, -0.1) is 0 Å². The molecular formula is C20H38N4O4S. The zero-order valence-corrected chi connectivity index (χ0v) is 18.9. The van der Waals surface area contributed by atoms with E-state index in [0.29, 0.717) is 44.6 Å². The van der Waals surface area contributed by atoms with Gasteiger partial charge in [-0.25, -0.2) is 4.79 Å². The third-order valence-electron chi connectivity index (χ3n) is 4.92. The summed E-state index contributed by atoms with van der Waals surface area (Å²) in [6, 6.07) is 0.472. The fourth-order valence-electron chi connectivity index (χ4n) is 3.45. The third kappa shape index (κ3) is 10.0. The Bertz CT molecular complexity index is 515. The maximum atomic E-state index is 11.9. The molecule has 0 aromatic heterocycles. The molecule has 4 N–H and O–H groups in total. The quantitative estimate of drug-likeness (QED) is 0.244. The van der Waals surface area contributed by atoms with Crippen molar-refractivity contribution in [3.05, 3.63) is 0 Å². The standard InChI is InChI=1S/C20H38N4O4S/c1-20(2,3)22-9-11-28-13-12-27-10-8-21-17(25)7-5-4-6-16-18-15(14-29-16)23-19(26)24-18/h15-16,18,22H,4-14H2,1-3H3,(H,21,25)(H2,23,24,26). The lowest BCUT2D eigenvalue weighted by Gasteiger charge is -2.20. The lowest BCUT2D eigenvalue weighted by Crippen LogP contribution is -2.38. The van der Waals surface area contributed by atoms with E-state index in [-0.39, 0.29) is 29.6 Å². The van der Waals surface area contributed by atoms with Gasteiger partial charge >= 0.3 is 6.03 Å². The first-order valence-corrected chi connectivity index (χ1v) is 11.8. The van der Waals surface area contributed by atoms with Crippen molar-refractivity contribution >= 4 is 23.7 Å². The van der Waals surface area contributed by atoms with Crippen LogP contribution in [0.2, 0.25) is 0 Å². The lowest BCUT2D eigenvalue weighted by molar-refractivity contribution is -0.121. The van der Waals surface area contributed by atoms with Crippen LogP contribution < -0.4 is 21.3 Å². The molecule has 3 atom stereocenters. The topological polar surface area (TPSA) is 101 Å². The number of carbonyl (C=O) groups is 2. The van der Waals surface area contributed by atoms with E-state index in [9.17, 15) is 9.59 Å². The van der Waals surface area contributed by atoms with Crippen LogP contribution in [-0.4, -0.2) is 80.1 Å². The molecule has 0 spiro atoms. The Labute approximate surface area is 179 Å². The van der Waals surface area contributed by atoms with Gasteiger partial charge in [0.2, 0.25) is 5.91 Å². The van der Waals surface area contributed by atoms with Crippen molar-refractivity contribution in [2.45, 2.75) is 69.3 Å². The monoisotopic (exact) mass is 430 g/mol. The number of amides is 3. The average molecular weight is 431 g/mol. The Morgan fingerprint density at radius 1 is 1.10 bits per heavy atom. The van der Waals surface area contributed by atoms with E-state index in [0.717, 1.165) is 31.6 Å². The van der Waals surface area contributed by atoms with Crippen LogP contribution in [0.3, 0.4) is 0 Å². The molecule has 8 nitrogen and oxygen atoms in total. The highest BCUT2D eigenvalue weighted by molar-refractivity contribution is 8.00. The molecule has 2 rings (SSSR count). The minimum atomic E-state index is -0.0454. The van der Waals surface area contributed by atoms with Crippen LogP contribution in [0.5, 0.6) is 0 Å². The number of hydrogen-bond acceptors (Lipinski definition) is 6. The molecule has 2 aliphatic rings. The van der Waals surface area contributed by atoms with Crippen molar-refractivity contribution in [3.8, 4) is 0 Å². The highest BCUT2D eigenvalue weighted by Crippen LogP contribution is 2.33. The van der Waals surface area contributed by atoms with E-state index in [1.807, 2.05) is 11.8 Å². The van der Waals surface area contributed by atoms with Gasteiger partial charge in [0, 0.05) is 36.1 Å². The number of unbranched alkanes of at least 4 members (excludes halogenated alkanes) is 1. The van der Waals surface area contributed by atoms with E-state index in [1.165, 1.54) is 0 Å². The molecule has 2 heterocycles. The van der Waals surface area contributed by atoms with Crippen molar-refractivity contribution in [1.82, 2.24) is 21.3 Å². The number of urea groups is 1. The predicted molar refractivity (Wildman–Crippen MR) is 116 cm³/mol. The zero-order chi connectivity index (χ0) is 21.1. The molecule has 0 radical (unpaired) electrons. The summed E-state index contributed by atoms with van der Waals surface area (Å²) < 4.78 is 11.0. The Morgan fingerprint density at radius 2 is 1.83 bits per heavy atom. The molecule has 2 aliphatic heterocycles. The first-order valence-electron chi connectivity index (χ1n) is 10.7. The summed E-state index contributed by atoms with van der Waals surface area (Å²) in [5.41, 5.74) is 0.113. The highest BCUT2D eigenvalue weighted by Gasteiger charge is 2.42. The second-order valence-electron chi connectivity index (χ2n) is 8.62. The SMILES string of the molecule is CC(C)(C)NCCOCCOCCNC(=O)CCCCC1SCC2NC(=O)NC21. The lowest BCUT2D eigenvalue weighted by atomic mass is 10.0. The van der Waals surface area contributed by atoms with E-state index < -0.39 is 0 Å². The van der Waals surface area contributed by atoms with Crippen LogP contribution in [0.4, 0.5) is 4.79 Å². The predicted octanol–water partition coefficient (Wildman–Crippen LogP) is 1.25. The van der Waals surface area contributed by atoms with Gasteiger partial charge in [0.05, 0.1) is 38.5 Å². The van der Waals surface area contributed by atoms with Gasteiger partial charge in [-0.2, -0.15) is 11.8 Å². The van der Waals surface area contributed by atoms with Gasteiger partial charge in [0.15, 0.2) is 0 Å². The van der Waals surface area contributed by atoms with E-state index >= 15 is 0 Å². The number of rotatable bonds is 14. The molecule has 3 unspecified atom stereocenters. The van der Waals surface area contributed by atoms with E-state index in [2.05, 4.69) is 42.0 Å². The van der Waals surface area contributed by atoms with E-state index in [1.54, 1.807) is 0 Å². The second-order valence-corrected chi connectivity index (χ2v) is 9.89. The molecular weight excluding hydrogens is 392 g/mol. The maximum Gasteiger partial charge on any atom is 0.315 e. The summed E-state index contributed by atoms with van der Waals surface area (Å²) in [6.45, 7) is 10.0. The minimum Gasteiger partial charge on any atom is -0.378 e. The van der Waals surface area contributed by atoms with Crippen LogP contribution in [0.1, 0.15) is 46.5 Å². The van der Waals surface area contributed by atoms with Crippen molar-refractivity contribution < 1.29 is 19.1 Å². The fraction of sp³-hybridized carbons (Fsp3) is 0.900. The fourth-order valence-corrected chi connectivity index (χ4v) is 4.99. The Hall–Kier alpha value is -1.03. The minimum absolute atomic E-state index is 0.0454. The average Bonchev–Trinajstić information content (AvgIpc) is 3.19. The first-order chi connectivity index (χ1) is 13.8. The summed E-state index contributed by atoms with van der Waals surface area (Å²) >= 11 is 1.92. The molecule has 0 aromatic carbocycles. The number of nitrogens with one attached hydrogen (secondary N) is 4. The molecule has 2 fully saturated rings. The van der Waals surface area contributed by atoms with Crippen LogP contribution in [-0.2, 0) is 14.3 Å². The molecule has 2 saturated heterocycles. The normalized spacial score (nSPS) is 23.6. The molecule has 0 aliphatic carbocycles. The van der Waals surface area contributed by atoms with Gasteiger partial charge in [-0.1, -0.05) is 6.42 Å². The molecule has 0 bridgehead atoms. The molecule has 29 heavy (non-hydrogen) atoms. The van der Waals surface area contributed by atoms with Gasteiger partial charge in [0.1, 0.15) is 0 Å². The van der Waals surface area contributed by atoms with Gasteiger partial charge in [-0.3, -0.25) is 4.79 Å². The second kappa shape index (κ2) is 12.6. The Balaban J connectivity index is 1.35. The molecule has 3 amide bonds. The Morgan fingerprint density at radius 3 is 2.55 bits per heavy atom. The summed E-state index contributed by atoms with van der Waals surface area (Å²) in [5, 5.41) is 12.7. The third-order valence-corrected chi connectivity index (χ3v) is 6.43. The van der Waals surface area contributed by atoms with Crippen LogP contribution in [0.25, 0.3) is 0 Å². The Kier molecular flexibility index (Phi) is 10.5. The van der Waals surface area contributed by atoms with Crippen LogP contribution >= 0.6 is 11.8 Å². The molecule has 9 heteroatoms. The maximum absolute atomic E-state index is 11.9. The van der Waals surface area contributed by atoms with Crippen molar-refractivity contribution in [1.29, 1.82) is 0 Å². The number of hydrogen-bond donors (Lipinski definition) is 4. The summed E-state index contributed by atoms with van der Waals surface area (Å²) in [6.07, 6.45) is 3.45. The van der Waals surface area contributed by atoms with Gasteiger partial charge < -0.3 is 30.7 Å². The number of ether oxygens (including phenoxy) is 2. The summed E-state index contributed by atoms with van der Waals surface area (Å²) in [4.78, 5) is 23.3. The van der Waals surface area contributed by atoms with Crippen molar-refractivity contribution in [2.24, 2.45) is 0 Å². The molecule has 0 saturated carbocycles. The van der Waals surface area contributed by atoms with E-state index in [4.69, 9.17) is 9.47 Å². The van der Waals surface area contributed by atoms with Crippen LogP contribution in [0, 0.1) is 0 Å². The number of carbonyl (C=O) groups excluding carboxylic acids is 2. The highest BCUT2D eigenvalue weighted by atomic mass is 32.2. The van der Waals surface area contributed by atoms with Crippen molar-refractivity contribution in [2.75, 3.05) is 45.3 Å². The number of fused-ring (bicyclic) bond motifs is 1. The summed E-state index contributed by atoms with van der Waals surface area (Å²) in [7, 11) is 0. The largest absolute Gasteiger partial charge is 0.378 e.